The molecule has 4 atom stereocenters. The van der Waals surface area contributed by atoms with Crippen molar-refractivity contribution in [3.63, 3.8) is 0 Å². The van der Waals surface area contributed by atoms with E-state index in [-0.39, 0.29) is 64.3 Å². The van der Waals surface area contributed by atoms with Crippen LogP contribution in [-0.2, 0) is 9.59 Å². The number of carbonyl (C=O) groups excluding carboxylic acids is 2. The van der Waals surface area contributed by atoms with Crippen LogP contribution in [-0.4, -0.2) is 48.7 Å². The van der Waals surface area contributed by atoms with E-state index in [0.29, 0.717) is 38.1 Å². The van der Waals surface area contributed by atoms with Crippen LogP contribution in [0.3, 0.4) is 0 Å². The molecule has 4 aliphatic carbocycles. The Morgan fingerprint density at radius 2 is 1.69 bits per heavy atom. The lowest BCUT2D eigenvalue weighted by atomic mass is 9.75. The van der Waals surface area contributed by atoms with E-state index in [1.807, 2.05) is 0 Å². The van der Waals surface area contributed by atoms with E-state index < -0.39 is 11.4 Å². The van der Waals surface area contributed by atoms with Crippen LogP contribution in [0.5, 0.6) is 11.5 Å². The Hall–Kier alpha value is -3.28. The Bertz CT molecular complexity index is 1210. The number of carboxylic acid groups (broad SMARTS) is 1. The third-order valence-electron chi connectivity index (χ3n) is 10.6. The summed E-state index contributed by atoms with van der Waals surface area (Å²) < 4.78 is 11.7. The fraction of sp³-hybridized carbons (Fsp3) is 0.697. The SMILES string of the molecule is COc1cc(C#N)c(OC2CCC(C)(C(=O)O)CC2)cc1C(=O)NC1C2CCC(C2)C1C(=O)NCC1CCCCCC1. The second-order valence-electron chi connectivity index (χ2n) is 13.3. The molecule has 1 aromatic rings. The van der Waals surface area contributed by atoms with E-state index in [0.717, 1.165) is 19.3 Å². The van der Waals surface area contributed by atoms with Gasteiger partial charge in [-0.3, -0.25) is 14.4 Å². The minimum Gasteiger partial charge on any atom is -0.496 e. The molecular weight excluding hydrogens is 534 g/mol. The number of fused-ring (bicyclic) bond motifs is 2. The molecule has 4 saturated carbocycles. The largest absolute Gasteiger partial charge is 0.496 e. The summed E-state index contributed by atoms with van der Waals surface area (Å²) in [6.07, 6.45) is 12.1. The molecule has 0 heterocycles. The molecule has 0 aliphatic heterocycles. The number of ether oxygens (including phenoxy) is 2. The van der Waals surface area contributed by atoms with Crippen molar-refractivity contribution in [3.8, 4) is 17.6 Å². The lowest BCUT2D eigenvalue weighted by molar-refractivity contribution is -0.150. The van der Waals surface area contributed by atoms with Crippen molar-refractivity contribution >= 4 is 17.8 Å². The van der Waals surface area contributed by atoms with Crippen LogP contribution in [0.4, 0.5) is 0 Å². The zero-order chi connectivity index (χ0) is 29.9. The molecule has 2 amide bonds. The third kappa shape index (κ3) is 6.38. The fourth-order valence-corrected chi connectivity index (χ4v) is 7.87. The number of nitrogens with zero attached hydrogens (tertiary/aromatic N) is 1. The Morgan fingerprint density at radius 3 is 2.33 bits per heavy atom. The van der Waals surface area contributed by atoms with E-state index in [9.17, 15) is 24.8 Å². The van der Waals surface area contributed by atoms with Crippen LogP contribution in [0.15, 0.2) is 12.1 Å². The quantitative estimate of drug-likeness (QED) is 0.342. The smallest absolute Gasteiger partial charge is 0.309 e. The maximum Gasteiger partial charge on any atom is 0.309 e. The van der Waals surface area contributed by atoms with Crippen molar-refractivity contribution in [2.24, 2.45) is 29.1 Å². The molecule has 9 nitrogen and oxygen atoms in total. The molecule has 9 heteroatoms. The summed E-state index contributed by atoms with van der Waals surface area (Å²) >= 11 is 0. The number of nitriles is 1. The van der Waals surface area contributed by atoms with E-state index in [1.54, 1.807) is 13.0 Å². The van der Waals surface area contributed by atoms with Gasteiger partial charge in [-0.2, -0.15) is 5.26 Å². The molecule has 0 saturated heterocycles. The number of hydrogen-bond acceptors (Lipinski definition) is 6. The molecule has 4 fully saturated rings. The molecule has 228 valence electrons. The summed E-state index contributed by atoms with van der Waals surface area (Å²) in [7, 11) is 1.46. The first-order valence-corrected chi connectivity index (χ1v) is 15.8. The Balaban J connectivity index is 1.28. The van der Waals surface area contributed by atoms with Gasteiger partial charge in [0.1, 0.15) is 17.6 Å². The topological polar surface area (TPSA) is 138 Å². The zero-order valence-electron chi connectivity index (χ0n) is 25.0. The molecule has 4 unspecified atom stereocenters. The highest BCUT2D eigenvalue weighted by Gasteiger charge is 2.51. The molecule has 2 bridgehead atoms. The van der Waals surface area contributed by atoms with Crippen molar-refractivity contribution in [3.05, 3.63) is 23.3 Å². The highest BCUT2D eigenvalue weighted by Crippen LogP contribution is 2.49. The molecule has 0 radical (unpaired) electrons. The van der Waals surface area contributed by atoms with Crippen LogP contribution in [0.25, 0.3) is 0 Å². The Kier molecular flexibility index (Phi) is 9.29. The minimum atomic E-state index is -0.806. The first-order chi connectivity index (χ1) is 20.2. The molecule has 3 N–H and O–H groups in total. The van der Waals surface area contributed by atoms with Crippen molar-refractivity contribution in [1.82, 2.24) is 10.6 Å². The number of carboxylic acids is 1. The number of benzene rings is 1. The number of rotatable bonds is 9. The summed E-state index contributed by atoms with van der Waals surface area (Å²) in [5.74, 6) is 0.294. The average Bonchev–Trinajstić information content (AvgIpc) is 3.49. The number of carbonyl (C=O) groups is 3. The Morgan fingerprint density at radius 1 is 1.00 bits per heavy atom. The second kappa shape index (κ2) is 12.9. The summed E-state index contributed by atoms with van der Waals surface area (Å²) in [5.41, 5.74) is -0.258. The molecular formula is C33H45N3O6. The van der Waals surface area contributed by atoms with Crippen molar-refractivity contribution in [2.75, 3.05) is 13.7 Å². The van der Waals surface area contributed by atoms with Crippen LogP contribution >= 0.6 is 0 Å². The van der Waals surface area contributed by atoms with Gasteiger partial charge in [-0.15, -0.1) is 0 Å². The predicted molar refractivity (Wildman–Crippen MR) is 156 cm³/mol. The summed E-state index contributed by atoms with van der Waals surface area (Å²) in [6, 6.07) is 4.97. The lowest BCUT2D eigenvalue weighted by Crippen LogP contribution is -2.50. The zero-order valence-corrected chi connectivity index (χ0v) is 25.0. The third-order valence-corrected chi connectivity index (χ3v) is 10.6. The molecule has 1 aromatic carbocycles. The summed E-state index contributed by atoms with van der Waals surface area (Å²) in [5, 5.41) is 25.8. The van der Waals surface area contributed by atoms with Crippen LogP contribution in [0.2, 0.25) is 0 Å². The van der Waals surface area contributed by atoms with Crippen LogP contribution in [0.1, 0.15) is 106 Å². The van der Waals surface area contributed by atoms with Crippen LogP contribution in [0, 0.1) is 40.4 Å². The first-order valence-electron chi connectivity index (χ1n) is 15.8. The fourth-order valence-electron chi connectivity index (χ4n) is 7.87. The molecule has 4 aliphatic rings. The van der Waals surface area contributed by atoms with Crippen molar-refractivity contribution in [1.29, 1.82) is 5.26 Å². The second-order valence-corrected chi connectivity index (χ2v) is 13.3. The highest BCUT2D eigenvalue weighted by atomic mass is 16.5. The number of aliphatic carboxylic acids is 1. The number of nitrogens with one attached hydrogen (secondary N) is 2. The molecule has 5 rings (SSSR count). The van der Waals surface area contributed by atoms with Gasteiger partial charge in [0.15, 0.2) is 0 Å². The number of amides is 2. The molecule has 0 spiro atoms. The normalized spacial score (nSPS) is 31.0. The lowest BCUT2D eigenvalue weighted by Gasteiger charge is -2.34. The van der Waals surface area contributed by atoms with Crippen LogP contribution < -0.4 is 20.1 Å². The van der Waals surface area contributed by atoms with E-state index in [1.165, 1.54) is 51.7 Å². The van der Waals surface area contributed by atoms with E-state index in [4.69, 9.17) is 9.47 Å². The minimum absolute atomic E-state index is 0.0539. The van der Waals surface area contributed by atoms with Gasteiger partial charge in [0, 0.05) is 18.7 Å². The monoisotopic (exact) mass is 579 g/mol. The number of hydrogen-bond donors (Lipinski definition) is 3. The maximum absolute atomic E-state index is 13.7. The average molecular weight is 580 g/mol. The van der Waals surface area contributed by atoms with Gasteiger partial charge in [0.2, 0.25) is 5.91 Å². The maximum atomic E-state index is 13.7. The van der Waals surface area contributed by atoms with Crippen molar-refractivity contribution < 1.29 is 29.0 Å². The van der Waals surface area contributed by atoms with Gasteiger partial charge in [0.05, 0.1) is 35.7 Å². The number of methoxy groups -OCH3 is 1. The predicted octanol–water partition coefficient (Wildman–Crippen LogP) is 5.21. The van der Waals surface area contributed by atoms with Gasteiger partial charge in [0.25, 0.3) is 5.91 Å². The summed E-state index contributed by atoms with van der Waals surface area (Å²) in [4.78, 5) is 38.9. The van der Waals surface area contributed by atoms with Gasteiger partial charge in [-0.05, 0) is 88.5 Å². The Labute approximate surface area is 248 Å². The van der Waals surface area contributed by atoms with Gasteiger partial charge < -0.3 is 25.2 Å². The van der Waals surface area contributed by atoms with Gasteiger partial charge in [-0.25, -0.2) is 0 Å². The highest BCUT2D eigenvalue weighted by molar-refractivity contribution is 5.98. The van der Waals surface area contributed by atoms with E-state index >= 15 is 0 Å². The van der Waals surface area contributed by atoms with Gasteiger partial charge in [-0.1, -0.05) is 25.7 Å². The molecule has 42 heavy (non-hydrogen) atoms. The van der Waals surface area contributed by atoms with Gasteiger partial charge >= 0.3 is 5.97 Å². The molecule has 0 aromatic heterocycles. The first kappa shape index (κ1) is 30.2. The van der Waals surface area contributed by atoms with E-state index in [2.05, 4.69) is 16.7 Å². The standard InChI is InChI=1S/C33H45N3O6/c1-33(32(39)40)13-11-24(12-14-33)42-26-17-25(27(41-2)16-23(26)18-34)30(37)36-29-22-10-9-21(15-22)28(29)31(38)35-19-20-7-5-3-4-6-8-20/h16-17,20-22,24,28-29H,3-15,19H2,1-2H3,(H,35,38)(H,36,37)(H,39,40). The van der Waals surface area contributed by atoms with Crippen molar-refractivity contribution in [2.45, 2.75) is 103 Å². The summed E-state index contributed by atoms with van der Waals surface area (Å²) in [6.45, 7) is 2.47.